The van der Waals surface area contributed by atoms with Gasteiger partial charge in [-0.15, -0.1) is 0 Å². The van der Waals surface area contributed by atoms with Crippen LogP contribution in [0.2, 0.25) is 0 Å². The predicted molar refractivity (Wildman–Crippen MR) is 71.3 cm³/mol. The summed E-state index contributed by atoms with van der Waals surface area (Å²) in [6.07, 6.45) is 5.03. The summed E-state index contributed by atoms with van der Waals surface area (Å²) in [4.78, 5) is 2.45. The van der Waals surface area contributed by atoms with E-state index < -0.39 is 0 Å². The number of ether oxygens (including phenoxy) is 1. The molecule has 1 N–H and O–H groups in total. The van der Waals surface area contributed by atoms with Gasteiger partial charge in [-0.05, 0) is 37.3 Å². The van der Waals surface area contributed by atoms with E-state index in [2.05, 4.69) is 22.3 Å². The highest BCUT2D eigenvalue weighted by Crippen LogP contribution is 2.37. The second kappa shape index (κ2) is 4.47. The highest BCUT2D eigenvalue weighted by molar-refractivity contribution is 5.69. The van der Waals surface area contributed by atoms with Gasteiger partial charge in [-0.1, -0.05) is 0 Å². The molecule has 3 rings (SSSR count). The maximum absolute atomic E-state index is 5.54. The van der Waals surface area contributed by atoms with E-state index in [-0.39, 0.29) is 0 Å². The number of nitrogens with one attached hydrogen (secondary N) is 1. The molecule has 0 unspecified atom stereocenters. The topological polar surface area (TPSA) is 24.5 Å². The summed E-state index contributed by atoms with van der Waals surface area (Å²) in [5.41, 5.74) is 3.99. The molecule has 3 heteroatoms. The summed E-state index contributed by atoms with van der Waals surface area (Å²) in [5.74, 6) is 1.01. The number of aryl methyl sites for hydroxylation is 1. The van der Waals surface area contributed by atoms with Crippen LogP contribution in [0.25, 0.3) is 0 Å². The molecule has 0 saturated carbocycles. The highest BCUT2D eigenvalue weighted by Gasteiger charge is 2.19. The first-order valence-corrected chi connectivity index (χ1v) is 6.58. The Hall–Kier alpha value is -1.38. The van der Waals surface area contributed by atoms with E-state index in [4.69, 9.17) is 4.74 Å². The van der Waals surface area contributed by atoms with Crippen LogP contribution >= 0.6 is 0 Å². The van der Waals surface area contributed by atoms with E-state index in [1.807, 2.05) is 0 Å². The summed E-state index contributed by atoms with van der Waals surface area (Å²) >= 11 is 0. The summed E-state index contributed by atoms with van der Waals surface area (Å²) in [6, 6.07) is 4.49. The molecule has 0 aromatic heterocycles. The lowest BCUT2D eigenvalue weighted by molar-refractivity contribution is 0.415. The van der Waals surface area contributed by atoms with Crippen LogP contribution in [-0.2, 0) is 6.42 Å². The van der Waals surface area contributed by atoms with Crippen LogP contribution in [0.15, 0.2) is 12.1 Å². The number of nitrogens with zero attached hydrogens (tertiary/aromatic N) is 1. The Morgan fingerprint density at radius 3 is 2.76 bits per heavy atom. The van der Waals surface area contributed by atoms with Gasteiger partial charge in [0.2, 0.25) is 0 Å². The molecule has 0 bridgehead atoms. The van der Waals surface area contributed by atoms with Gasteiger partial charge in [0.25, 0.3) is 0 Å². The fourth-order valence-electron chi connectivity index (χ4n) is 2.85. The largest absolute Gasteiger partial charge is 0.495 e. The van der Waals surface area contributed by atoms with E-state index in [0.717, 1.165) is 12.3 Å². The predicted octanol–water partition coefficient (Wildman–Crippen LogP) is 2.65. The van der Waals surface area contributed by atoms with E-state index in [0.29, 0.717) is 0 Å². The van der Waals surface area contributed by atoms with Crippen molar-refractivity contribution >= 4 is 11.4 Å². The average molecular weight is 232 g/mol. The van der Waals surface area contributed by atoms with Gasteiger partial charge < -0.3 is 15.0 Å². The minimum Gasteiger partial charge on any atom is -0.495 e. The third kappa shape index (κ3) is 1.94. The molecule has 1 aromatic carbocycles. The van der Waals surface area contributed by atoms with E-state index in [9.17, 15) is 0 Å². The molecule has 2 aliphatic heterocycles. The first kappa shape index (κ1) is 10.8. The molecule has 1 fully saturated rings. The molecule has 1 saturated heterocycles. The molecule has 0 amide bonds. The zero-order chi connectivity index (χ0) is 11.7. The van der Waals surface area contributed by atoms with Gasteiger partial charge in [-0.3, -0.25) is 0 Å². The van der Waals surface area contributed by atoms with Crippen molar-refractivity contribution < 1.29 is 4.74 Å². The molecule has 3 nitrogen and oxygen atoms in total. The molecule has 2 aliphatic rings. The summed E-state index contributed by atoms with van der Waals surface area (Å²) < 4.78 is 5.54. The molecular formula is C14H20N2O. The van der Waals surface area contributed by atoms with Crippen LogP contribution in [-0.4, -0.2) is 26.7 Å². The number of hydrogen-bond donors (Lipinski definition) is 1. The quantitative estimate of drug-likeness (QED) is 0.848. The maximum atomic E-state index is 5.54. The summed E-state index contributed by atoms with van der Waals surface area (Å²) in [6.45, 7) is 3.42. The fraction of sp³-hybridized carbons (Fsp3) is 0.571. The van der Waals surface area contributed by atoms with Gasteiger partial charge in [0.05, 0.1) is 12.8 Å². The Labute approximate surface area is 103 Å². The Kier molecular flexibility index (Phi) is 2.83. The van der Waals surface area contributed by atoms with Crippen molar-refractivity contribution in [1.29, 1.82) is 0 Å². The van der Waals surface area contributed by atoms with Crippen molar-refractivity contribution in [3.05, 3.63) is 17.7 Å². The van der Waals surface area contributed by atoms with Crippen molar-refractivity contribution in [1.82, 2.24) is 0 Å². The second-order valence-electron chi connectivity index (χ2n) is 4.91. The molecule has 0 spiro atoms. The third-order valence-electron chi connectivity index (χ3n) is 3.79. The zero-order valence-electron chi connectivity index (χ0n) is 10.5. The lowest BCUT2D eigenvalue weighted by Gasteiger charge is -2.25. The minimum atomic E-state index is 1.01. The van der Waals surface area contributed by atoms with E-state index in [1.165, 1.54) is 55.7 Å². The number of hydrogen-bond acceptors (Lipinski definition) is 3. The van der Waals surface area contributed by atoms with Crippen LogP contribution in [0.5, 0.6) is 5.75 Å². The lowest BCUT2D eigenvalue weighted by atomic mass is 10.0. The van der Waals surface area contributed by atoms with Crippen molar-refractivity contribution in [2.45, 2.75) is 25.7 Å². The monoisotopic (exact) mass is 232 g/mol. The Bertz CT molecular complexity index is 411. The molecule has 1 aromatic rings. The highest BCUT2D eigenvalue weighted by atomic mass is 16.5. The minimum absolute atomic E-state index is 1.01. The Morgan fingerprint density at radius 1 is 1.18 bits per heavy atom. The van der Waals surface area contributed by atoms with Gasteiger partial charge in [0.15, 0.2) is 0 Å². The smallest absolute Gasteiger partial charge is 0.144 e. The third-order valence-corrected chi connectivity index (χ3v) is 3.79. The number of methoxy groups -OCH3 is 1. The fourth-order valence-corrected chi connectivity index (χ4v) is 2.85. The maximum Gasteiger partial charge on any atom is 0.144 e. The van der Waals surface area contributed by atoms with Gasteiger partial charge in [-0.2, -0.15) is 0 Å². The van der Waals surface area contributed by atoms with E-state index in [1.54, 1.807) is 7.11 Å². The van der Waals surface area contributed by atoms with Gasteiger partial charge in [0.1, 0.15) is 5.75 Å². The lowest BCUT2D eigenvalue weighted by Crippen LogP contribution is -2.20. The van der Waals surface area contributed by atoms with Crippen molar-refractivity contribution in [3.63, 3.8) is 0 Å². The van der Waals surface area contributed by atoms with Gasteiger partial charge in [-0.25, -0.2) is 0 Å². The van der Waals surface area contributed by atoms with E-state index >= 15 is 0 Å². The van der Waals surface area contributed by atoms with Crippen LogP contribution in [0.3, 0.4) is 0 Å². The summed E-state index contributed by atoms with van der Waals surface area (Å²) in [7, 11) is 1.77. The first-order chi connectivity index (χ1) is 8.38. The number of rotatable bonds is 2. The number of fused-ring (bicyclic) bond motifs is 1. The average Bonchev–Trinajstić information content (AvgIpc) is 2.91. The number of anilines is 2. The van der Waals surface area contributed by atoms with Crippen LogP contribution < -0.4 is 15.0 Å². The van der Waals surface area contributed by atoms with Crippen LogP contribution in [0.1, 0.15) is 24.8 Å². The zero-order valence-corrected chi connectivity index (χ0v) is 10.5. The second-order valence-corrected chi connectivity index (χ2v) is 4.91. The van der Waals surface area contributed by atoms with Crippen LogP contribution in [0.4, 0.5) is 11.4 Å². The SMILES string of the molecule is COc1cc2c(cc1N1CCCC1)CCCN2. The summed E-state index contributed by atoms with van der Waals surface area (Å²) in [5, 5.41) is 3.46. The molecule has 92 valence electrons. The Balaban J connectivity index is 2.00. The molecule has 2 heterocycles. The van der Waals surface area contributed by atoms with Gasteiger partial charge >= 0.3 is 0 Å². The normalized spacial score (nSPS) is 18.8. The molecular weight excluding hydrogens is 212 g/mol. The number of benzene rings is 1. The first-order valence-electron chi connectivity index (χ1n) is 6.58. The van der Waals surface area contributed by atoms with Crippen molar-refractivity contribution in [2.24, 2.45) is 0 Å². The molecule has 0 radical (unpaired) electrons. The molecule has 17 heavy (non-hydrogen) atoms. The molecule has 0 atom stereocenters. The molecule has 0 aliphatic carbocycles. The van der Waals surface area contributed by atoms with Crippen molar-refractivity contribution in [3.8, 4) is 5.75 Å². The standard InChI is InChI=1S/C14H20N2O/c1-17-14-10-12-11(5-4-6-15-12)9-13(14)16-7-2-3-8-16/h9-10,15H,2-8H2,1H3. The van der Waals surface area contributed by atoms with Crippen LogP contribution in [0, 0.1) is 0 Å². The van der Waals surface area contributed by atoms with Crippen molar-refractivity contribution in [2.75, 3.05) is 37.0 Å². The Morgan fingerprint density at radius 2 is 2.00 bits per heavy atom. The van der Waals surface area contributed by atoms with Gasteiger partial charge in [0, 0.05) is 31.4 Å².